The molecule has 1 aliphatic heterocycles. The van der Waals surface area contributed by atoms with Crippen molar-refractivity contribution in [3.8, 4) is 0 Å². The van der Waals surface area contributed by atoms with E-state index >= 15 is 0 Å². The van der Waals surface area contributed by atoms with Crippen molar-refractivity contribution >= 4 is 28.1 Å². The summed E-state index contributed by atoms with van der Waals surface area (Å²) in [6.45, 7) is 8.10. The molecular weight excluding hydrogens is 348 g/mol. The summed E-state index contributed by atoms with van der Waals surface area (Å²) < 4.78 is 5.36. The van der Waals surface area contributed by atoms with Crippen molar-refractivity contribution in [2.24, 2.45) is 4.99 Å². The topological polar surface area (TPSA) is 62.1 Å². The van der Waals surface area contributed by atoms with Crippen molar-refractivity contribution in [1.29, 1.82) is 0 Å². The van der Waals surface area contributed by atoms with Gasteiger partial charge >= 0.3 is 0 Å². The number of halogens is 1. The summed E-state index contributed by atoms with van der Waals surface area (Å²) in [5.41, 5.74) is 0.406. The number of hydrogen-bond acceptors (Lipinski definition) is 4. The second kappa shape index (κ2) is 6.96. The Kier molecular flexibility index (Phi) is 5.45. The van der Waals surface area contributed by atoms with E-state index in [-0.39, 0.29) is 11.9 Å². The van der Waals surface area contributed by atoms with Crippen molar-refractivity contribution in [2.45, 2.75) is 51.2 Å². The lowest BCUT2D eigenvalue weighted by molar-refractivity contribution is -0.140. The lowest BCUT2D eigenvalue weighted by Gasteiger charge is -2.48. The Bertz CT molecular complexity index is 517. The first-order valence-corrected chi connectivity index (χ1v) is 8.62. The standard InChI is InChI=1S/C16H23BrN2O3/c1-11-4-5-14(20)19(13-8-16(3,21)9-13)15(11)18-10-12(2)22-7-6-17/h10,13,21H,2,4-9H2,1,3H3/b18-10-. The van der Waals surface area contributed by atoms with Gasteiger partial charge in [0.15, 0.2) is 0 Å². The van der Waals surface area contributed by atoms with E-state index in [1.807, 2.05) is 6.92 Å². The maximum Gasteiger partial charge on any atom is 0.228 e. The summed E-state index contributed by atoms with van der Waals surface area (Å²) >= 11 is 3.28. The number of allylic oxidation sites excluding steroid dienone is 2. The van der Waals surface area contributed by atoms with Crippen LogP contribution in [0.1, 0.15) is 39.5 Å². The second-order valence-electron chi connectivity index (χ2n) is 6.19. The van der Waals surface area contributed by atoms with Crippen LogP contribution in [0.25, 0.3) is 0 Å². The van der Waals surface area contributed by atoms with E-state index in [1.54, 1.807) is 18.0 Å². The van der Waals surface area contributed by atoms with Crippen molar-refractivity contribution in [1.82, 2.24) is 4.90 Å². The molecule has 1 N–H and O–H groups in total. The molecule has 22 heavy (non-hydrogen) atoms. The fourth-order valence-corrected chi connectivity index (χ4v) is 3.04. The van der Waals surface area contributed by atoms with Crippen LogP contribution in [0.15, 0.2) is 28.7 Å². The fraction of sp³-hybridized carbons (Fsp3) is 0.625. The Morgan fingerprint density at radius 3 is 2.86 bits per heavy atom. The van der Waals surface area contributed by atoms with Gasteiger partial charge < -0.3 is 9.84 Å². The molecule has 0 aromatic carbocycles. The van der Waals surface area contributed by atoms with Gasteiger partial charge in [-0.3, -0.25) is 9.69 Å². The van der Waals surface area contributed by atoms with Crippen LogP contribution in [-0.4, -0.2) is 45.7 Å². The van der Waals surface area contributed by atoms with Crippen molar-refractivity contribution < 1.29 is 14.6 Å². The number of aliphatic imine (C=N–C) groups is 1. The Balaban J connectivity index is 2.12. The zero-order valence-electron chi connectivity index (χ0n) is 13.1. The first-order valence-electron chi connectivity index (χ1n) is 7.50. The Morgan fingerprint density at radius 1 is 1.59 bits per heavy atom. The molecule has 0 atom stereocenters. The molecule has 0 aromatic rings. The largest absolute Gasteiger partial charge is 0.492 e. The predicted molar refractivity (Wildman–Crippen MR) is 89.8 cm³/mol. The molecule has 0 bridgehead atoms. The molecule has 0 spiro atoms. The molecule has 0 unspecified atom stereocenters. The zero-order chi connectivity index (χ0) is 16.3. The number of hydrogen-bond donors (Lipinski definition) is 1. The van der Waals surface area contributed by atoms with Gasteiger partial charge in [-0.15, -0.1) is 0 Å². The molecule has 1 amide bonds. The monoisotopic (exact) mass is 370 g/mol. The predicted octanol–water partition coefficient (Wildman–Crippen LogP) is 2.75. The van der Waals surface area contributed by atoms with Gasteiger partial charge in [0.1, 0.15) is 11.6 Å². The highest BCUT2D eigenvalue weighted by atomic mass is 79.9. The highest BCUT2D eigenvalue weighted by molar-refractivity contribution is 9.09. The minimum Gasteiger partial charge on any atom is -0.492 e. The number of ether oxygens (including phenoxy) is 1. The minimum atomic E-state index is -0.673. The van der Waals surface area contributed by atoms with Crippen LogP contribution >= 0.6 is 15.9 Å². The van der Waals surface area contributed by atoms with E-state index in [0.29, 0.717) is 37.4 Å². The molecule has 6 heteroatoms. The van der Waals surface area contributed by atoms with Gasteiger partial charge in [-0.2, -0.15) is 0 Å². The fourth-order valence-electron chi connectivity index (χ4n) is 2.88. The van der Waals surface area contributed by atoms with Gasteiger partial charge in [0.25, 0.3) is 0 Å². The Morgan fingerprint density at radius 2 is 2.27 bits per heavy atom. The molecule has 5 nitrogen and oxygen atoms in total. The van der Waals surface area contributed by atoms with E-state index in [4.69, 9.17) is 4.74 Å². The first kappa shape index (κ1) is 17.2. The van der Waals surface area contributed by atoms with Crippen LogP contribution in [0.2, 0.25) is 0 Å². The summed E-state index contributed by atoms with van der Waals surface area (Å²) in [5.74, 6) is 1.23. The lowest BCUT2D eigenvalue weighted by Crippen LogP contribution is -2.55. The molecule has 1 aliphatic carbocycles. The van der Waals surface area contributed by atoms with Gasteiger partial charge in [-0.05, 0) is 38.7 Å². The van der Waals surface area contributed by atoms with Gasteiger partial charge in [0.2, 0.25) is 5.91 Å². The molecule has 0 aromatic heterocycles. The minimum absolute atomic E-state index is 0.0293. The Labute approximate surface area is 139 Å². The number of aliphatic hydroxyl groups is 1. The normalized spacial score (nSPS) is 29.0. The van der Waals surface area contributed by atoms with Gasteiger partial charge in [-0.25, -0.2) is 4.99 Å². The number of amides is 1. The number of rotatable bonds is 6. The van der Waals surface area contributed by atoms with E-state index < -0.39 is 5.60 Å². The van der Waals surface area contributed by atoms with E-state index in [2.05, 4.69) is 27.5 Å². The summed E-state index contributed by atoms with van der Waals surface area (Å²) in [4.78, 5) is 18.5. The third kappa shape index (κ3) is 3.98. The molecule has 1 fully saturated rings. The smallest absolute Gasteiger partial charge is 0.228 e. The highest BCUT2D eigenvalue weighted by Gasteiger charge is 2.45. The van der Waals surface area contributed by atoms with Crippen LogP contribution in [-0.2, 0) is 9.53 Å². The molecule has 0 saturated heterocycles. The molecule has 1 heterocycles. The summed E-state index contributed by atoms with van der Waals surface area (Å²) in [6.07, 6.45) is 3.96. The summed E-state index contributed by atoms with van der Waals surface area (Å²) in [5, 5.41) is 10.7. The maximum atomic E-state index is 12.3. The molecule has 122 valence electrons. The number of carbonyl (C=O) groups excluding carboxylic acids is 1. The maximum absolute atomic E-state index is 12.3. The van der Waals surface area contributed by atoms with Crippen molar-refractivity contribution in [3.05, 3.63) is 23.7 Å². The highest BCUT2D eigenvalue weighted by Crippen LogP contribution is 2.39. The first-order chi connectivity index (χ1) is 10.3. The van der Waals surface area contributed by atoms with E-state index in [9.17, 15) is 9.90 Å². The van der Waals surface area contributed by atoms with Crippen LogP contribution in [0.5, 0.6) is 0 Å². The molecule has 0 radical (unpaired) electrons. The molecule has 2 rings (SSSR count). The lowest BCUT2D eigenvalue weighted by atomic mass is 9.76. The molecular formula is C16H23BrN2O3. The average molecular weight is 371 g/mol. The summed E-state index contributed by atoms with van der Waals surface area (Å²) in [6, 6.07) is 0.0293. The summed E-state index contributed by atoms with van der Waals surface area (Å²) in [7, 11) is 0. The SMILES string of the molecule is C=C(/C=N\C1=C(C)CCC(=O)N1C1CC(C)(O)C1)OCCBr. The molecule has 2 aliphatic rings. The van der Waals surface area contributed by atoms with Crippen molar-refractivity contribution in [2.75, 3.05) is 11.9 Å². The van der Waals surface area contributed by atoms with Gasteiger partial charge in [-0.1, -0.05) is 22.5 Å². The molecule has 1 saturated carbocycles. The van der Waals surface area contributed by atoms with Gasteiger partial charge in [0, 0.05) is 17.8 Å². The van der Waals surface area contributed by atoms with Crippen LogP contribution in [0, 0.1) is 0 Å². The van der Waals surface area contributed by atoms with Crippen LogP contribution in [0.4, 0.5) is 0 Å². The van der Waals surface area contributed by atoms with Gasteiger partial charge in [0.05, 0.1) is 18.4 Å². The second-order valence-corrected chi connectivity index (χ2v) is 6.98. The van der Waals surface area contributed by atoms with Crippen molar-refractivity contribution in [3.63, 3.8) is 0 Å². The van der Waals surface area contributed by atoms with E-state index in [1.165, 1.54) is 0 Å². The van der Waals surface area contributed by atoms with E-state index in [0.717, 1.165) is 17.3 Å². The third-order valence-electron chi connectivity index (χ3n) is 4.00. The van der Waals surface area contributed by atoms with Crippen LogP contribution in [0.3, 0.4) is 0 Å². The number of carbonyl (C=O) groups is 1. The number of nitrogens with zero attached hydrogens (tertiary/aromatic N) is 2. The quantitative estimate of drug-likeness (QED) is 0.444. The van der Waals surface area contributed by atoms with Crippen LogP contribution < -0.4 is 0 Å². The Hall–Kier alpha value is -1.14. The third-order valence-corrected chi connectivity index (χ3v) is 4.33. The zero-order valence-corrected chi connectivity index (χ0v) is 14.7. The average Bonchev–Trinajstić information content (AvgIpc) is 2.43. The number of alkyl halides is 1.